The minimum Gasteiger partial charge on any atom is -0.392 e. The summed E-state index contributed by atoms with van der Waals surface area (Å²) in [5, 5.41) is 13.5. The molecule has 1 aromatic carbocycles. The first kappa shape index (κ1) is 15.2. The molecule has 0 saturated carbocycles. The molecular formula is C13H17FN4O3. The first-order chi connectivity index (χ1) is 9.90. The number of nitrogens with two attached hydrogens (primary N) is 1. The van der Waals surface area contributed by atoms with Gasteiger partial charge in [0.2, 0.25) is 0 Å². The average molecular weight is 296 g/mol. The smallest absolute Gasteiger partial charge is 0.293 e. The molecule has 1 amide bonds. The van der Waals surface area contributed by atoms with E-state index in [1.54, 1.807) is 0 Å². The molecule has 3 N–H and O–H groups in total. The van der Waals surface area contributed by atoms with Crippen molar-refractivity contribution in [2.45, 2.75) is 18.9 Å². The van der Waals surface area contributed by atoms with Gasteiger partial charge in [-0.2, -0.15) is 0 Å². The Hall–Kier alpha value is -2.22. The molecule has 1 saturated heterocycles. The van der Waals surface area contributed by atoms with Crippen LogP contribution in [0.4, 0.5) is 15.8 Å². The fraction of sp³-hybridized carbons (Fsp3) is 0.462. The Labute approximate surface area is 121 Å². The number of anilines is 1. The highest BCUT2D eigenvalue weighted by Crippen LogP contribution is 2.27. The highest BCUT2D eigenvalue weighted by molar-refractivity contribution is 6.01. The van der Waals surface area contributed by atoms with E-state index in [0.717, 1.165) is 38.1 Å². The van der Waals surface area contributed by atoms with Crippen LogP contribution in [-0.4, -0.2) is 41.9 Å². The Morgan fingerprint density at radius 1 is 1.48 bits per heavy atom. The maximum atomic E-state index is 13.8. The van der Waals surface area contributed by atoms with Crippen LogP contribution in [0.25, 0.3) is 0 Å². The fourth-order valence-electron chi connectivity index (χ4n) is 2.38. The topological polar surface area (TPSA) is 102 Å². The van der Waals surface area contributed by atoms with Gasteiger partial charge >= 0.3 is 0 Å². The van der Waals surface area contributed by atoms with Crippen LogP contribution in [0.3, 0.4) is 0 Å². The number of piperidine rings is 1. The molecular weight excluding hydrogens is 279 g/mol. The number of nitrogens with zero attached hydrogens (tertiary/aromatic N) is 2. The standard InChI is InChI=1S/C13H17FN4O3/c1-17-6-4-8(5-7-17)16-13(19)11-9(14)2-3-10(12(11)15)18(20)21/h2-3,8H,4-7,15H2,1H3,(H,16,19). The zero-order valence-corrected chi connectivity index (χ0v) is 11.6. The van der Waals surface area contributed by atoms with Crippen LogP contribution in [0, 0.1) is 15.9 Å². The molecule has 2 rings (SSSR count). The second-order valence-electron chi connectivity index (χ2n) is 5.16. The van der Waals surface area contributed by atoms with Crippen LogP contribution >= 0.6 is 0 Å². The van der Waals surface area contributed by atoms with Gasteiger partial charge < -0.3 is 16.0 Å². The van der Waals surface area contributed by atoms with Crippen molar-refractivity contribution >= 4 is 17.3 Å². The molecule has 0 radical (unpaired) electrons. The molecule has 0 spiro atoms. The van der Waals surface area contributed by atoms with E-state index in [0.29, 0.717) is 0 Å². The second kappa shape index (κ2) is 6.04. The van der Waals surface area contributed by atoms with Gasteiger partial charge in [0.05, 0.1) is 4.92 Å². The molecule has 114 valence electrons. The summed E-state index contributed by atoms with van der Waals surface area (Å²) >= 11 is 0. The minimum absolute atomic E-state index is 0.0771. The van der Waals surface area contributed by atoms with Gasteiger partial charge in [0.1, 0.15) is 17.1 Å². The largest absolute Gasteiger partial charge is 0.392 e. The number of hydrogen-bond acceptors (Lipinski definition) is 5. The number of halogens is 1. The summed E-state index contributed by atoms with van der Waals surface area (Å²) in [6, 6.07) is 1.77. The Morgan fingerprint density at radius 3 is 2.67 bits per heavy atom. The van der Waals surface area contributed by atoms with Gasteiger partial charge in [-0.1, -0.05) is 0 Å². The molecule has 0 aliphatic carbocycles. The number of nitro groups is 1. The van der Waals surface area contributed by atoms with E-state index in [-0.39, 0.29) is 6.04 Å². The molecule has 7 nitrogen and oxygen atoms in total. The maximum absolute atomic E-state index is 13.8. The first-order valence-electron chi connectivity index (χ1n) is 6.62. The molecule has 1 fully saturated rings. The zero-order valence-electron chi connectivity index (χ0n) is 11.6. The lowest BCUT2D eigenvalue weighted by Crippen LogP contribution is -2.43. The maximum Gasteiger partial charge on any atom is 0.293 e. The van der Waals surface area contributed by atoms with Crippen LogP contribution in [0.15, 0.2) is 12.1 Å². The highest BCUT2D eigenvalue weighted by atomic mass is 19.1. The molecule has 0 bridgehead atoms. The first-order valence-corrected chi connectivity index (χ1v) is 6.62. The van der Waals surface area contributed by atoms with Crippen molar-refractivity contribution in [2.75, 3.05) is 25.9 Å². The molecule has 8 heteroatoms. The van der Waals surface area contributed by atoms with Crippen LogP contribution in [0.1, 0.15) is 23.2 Å². The van der Waals surface area contributed by atoms with Gasteiger partial charge in [-0.3, -0.25) is 14.9 Å². The number of nitrogen functional groups attached to an aromatic ring is 1. The number of nitro benzene ring substituents is 1. The second-order valence-corrected chi connectivity index (χ2v) is 5.16. The van der Waals surface area contributed by atoms with Gasteiger partial charge in [-0.25, -0.2) is 4.39 Å². The average Bonchev–Trinajstić information content (AvgIpc) is 2.41. The molecule has 1 aliphatic rings. The molecule has 0 aromatic heterocycles. The van der Waals surface area contributed by atoms with Crippen LogP contribution in [0.2, 0.25) is 0 Å². The number of benzene rings is 1. The Morgan fingerprint density at radius 2 is 2.10 bits per heavy atom. The highest BCUT2D eigenvalue weighted by Gasteiger charge is 2.26. The van der Waals surface area contributed by atoms with Gasteiger partial charge in [0, 0.05) is 12.1 Å². The van der Waals surface area contributed by atoms with E-state index in [4.69, 9.17) is 5.73 Å². The Kier molecular flexibility index (Phi) is 4.37. The minimum atomic E-state index is -0.858. The Balaban J connectivity index is 2.19. The lowest BCUT2D eigenvalue weighted by atomic mass is 10.0. The van der Waals surface area contributed by atoms with Crippen molar-refractivity contribution in [1.29, 1.82) is 0 Å². The lowest BCUT2D eigenvalue weighted by molar-refractivity contribution is -0.384. The van der Waals surface area contributed by atoms with Crippen molar-refractivity contribution in [3.05, 3.63) is 33.6 Å². The molecule has 21 heavy (non-hydrogen) atoms. The predicted molar refractivity (Wildman–Crippen MR) is 75.5 cm³/mol. The normalized spacial score (nSPS) is 16.7. The third-order valence-corrected chi connectivity index (χ3v) is 3.65. The van der Waals surface area contributed by atoms with Crippen molar-refractivity contribution in [3.8, 4) is 0 Å². The van der Waals surface area contributed by atoms with E-state index < -0.39 is 33.6 Å². The number of carbonyl (C=O) groups excluding carboxylic acids is 1. The van der Waals surface area contributed by atoms with Crippen molar-refractivity contribution < 1.29 is 14.1 Å². The number of hydrogen-bond donors (Lipinski definition) is 2. The lowest BCUT2D eigenvalue weighted by Gasteiger charge is -2.29. The van der Waals surface area contributed by atoms with E-state index in [1.165, 1.54) is 0 Å². The van der Waals surface area contributed by atoms with Crippen LogP contribution in [-0.2, 0) is 0 Å². The summed E-state index contributed by atoms with van der Waals surface area (Å²) in [7, 11) is 1.98. The van der Waals surface area contributed by atoms with Crippen molar-refractivity contribution in [2.24, 2.45) is 0 Å². The summed E-state index contributed by atoms with van der Waals surface area (Å²) in [5.41, 5.74) is 4.20. The van der Waals surface area contributed by atoms with Crippen LogP contribution < -0.4 is 11.1 Å². The molecule has 1 aromatic rings. The SMILES string of the molecule is CN1CCC(NC(=O)c2c(F)ccc([N+](=O)[O-])c2N)CC1. The third-order valence-electron chi connectivity index (χ3n) is 3.65. The number of nitrogens with one attached hydrogen (secondary N) is 1. The number of amides is 1. The van der Waals surface area contributed by atoms with E-state index in [9.17, 15) is 19.3 Å². The van der Waals surface area contributed by atoms with E-state index in [2.05, 4.69) is 10.2 Å². The van der Waals surface area contributed by atoms with Crippen molar-refractivity contribution in [3.63, 3.8) is 0 Å². The van der Waals surface area contributed by atoms with E-state index in [1.807, 2.05) is 7.05 Å². The van der Waals surface area contributed by atoms with E-state index >= 15 is 0 Å². The predicted octanol–water partition coefficient (Wildman–Crippen LogP) is 1.14. The summed E-state index contributed by atoms with van der Waals surface area (Å²) < 4.78 is 13.8. The molecule has 0 unspecified atom stereocenters. The van der Waals surface area contributed by atoms with Crippen molar-refractivity contribution in [1.82, 2.24) is 10.2 Å². The number of likely N-dealkylation sites (tertiary alicyclic amines) is 1. The Bertz CT molecular complexity index is 571. The number of rotatable bonds is 3. The summed E-state index contributed by atoms with van der Waals surface area (Å²) in [6.07, 6.45) is 1.50. The van der Waals surface area contributed by atoms with Gasteiger partial charge in [0.25, 0.3) is 11.6 Å². The summed E-state index contributed by atoms with van der Waals surface area (Å²) in [5.74, 6) is -1.56. The zero-order chi connectivity index (χ0) is 15.6. The summed E-state index contributed by atoms with van der Waals surface area (Å²) in [4.78, 5) is 24.3. The van der Waals surface area contributed by atoms with Crippen LogP contribution in [0.5, 0.6) is 0 Å². The summed E-state index contributed by atoms with van der Waals surface area (Å²) in [6.45, 7) is 1.66. The molecule has 0 atom stereocenters. The third kappa shape index (κ3) is 3.27. The van der Waals surface area contributed by atoms with Gasteiger partial charge in [0.15, 0.2) is 0 Å². The fourth-order valence-corrected chi connectivity index (χ4v) is 2.38. The van der Waals surface area contributed by atoms with Gasteiger partial charge in [-0.05, 0) is 39.0 Å². The number of carbonyl (C=O) groups is 1. The molecule has 1 heterocycles. The quantitative estimate of drug-likeness (QED) is 0.495. The monoisotopic (exact) mass is 296 g/mol. The molecule has 1 aliphatic heterocycles. The van der Waals surface area contributed by atoms with Gasteiger partial charge in [-0.15, -0.1) is 0 Å².